The summed E-state index contributed by atoms with van der Waals surface area (Å²) in [4.78, 5) is 19.4. The molecule has 1 unspecified atom stereocenters. The molecule has 1 amide bonds. The van der Waals surface area contributed by atoms with Gasteiger partial charge in [0, 0.05) is 29.2 Å². The Morgan fingerprint density at radius 2 is 1.77 bits per heavy atom. The minimum absolute atomic E-state index is 0.0406. The quantitative estimate of drug-likeness (QED) is 0.838. The maximum Gasteiger partial charge on any atom is 0.230 e. The summed E-state index contributed by atoms with van der Waals surface area (Å²) in [5, 5.41) is 1.33. The number of H-pyrrole nitrogens is 1. The number of carbonyl (C=O) groups excluding carboxylic acids is 1. The summed E-state index contributed by atoms with van der Waals surface area (Å²) in [6.07, 6.45) is 11.2. The number of nitrogens with one attached hydrogen (secondary N) is 1. The van der Waals surface area contributed by atoms with E-state index in [0.29, 0.717) is 23.9 Å². The smallest absolute Gasteiger partial charge is 0.230 e. The zero-order valence-corrected chi connectivity index (χ0v) is 15.6. The molecule has 1 N–H and O–H groups in total. The molecular formula is C23H28N2O. The van der Waals surface area contributed by atoms with E-state index in [2.05, 4.69) is 41.2 Å². The predicted octanol–water partition coefficient (Wildman–Crippen LogP) is 4.94. The summed E-state index contributed by atoms with van der Waals surface area (Å²) in [7, 11) is 0. The number of hydrogen-bond acceptors (Lipinski definition) is 1. The molecule has 4 bridgehead atoms. The van der Waals surface area contributed by atoms with Gasteiger partial charge in [0.15, 0.2) is 0 Å². The highest BCUT2D eigenvalue weighted by atomic mass is 16.2. The number of amides is 1. The van der Waals surface area contributed by atoms with Gasteiger partial charge in [0.2, 0.25) is 5.91 Å². The van der Waals surface area contributed by atoms with Gasteiger partial charge in [0.25, 0.3) is 0 Å². The number of benzene rings is 1. The van der Waals surface area contributed by atoms with E-state index in [1.54, 1.807) is 0 Å². The lowest BCUT2D eigenvalue weighted by Gasteiger charge is -2.57. The van der Waals surface area contributed by atoms with Crippen molar-refractivity contribution in [2.75, 3.05) is 0 Å². The molecule has 1 aromatic heterocycles. The molecule has 136 valence electrons. The zero-order chi connectivity index (χ0) is 17.4. The number of carbonyl (C=O) groups is 1. The van der Waals surface area contributed by atoms with Crippen LogP contribution in [0, 0.1) is 11.8 Å². The molecule has 1 atom stereocenters. The minimum Gasteiger partial charge on any atom is -0.361 e. The van der Waals surface area contributed by atoms with Gasteiger partial charge in [-0.15, -0.1) is 0 Å². The molecule has 3 nitrogen and oxygen atoms in total. The van der Waals surface area contributed by atoms with E-state index < -0.39 is 0 Å². The van der Waals surface area contributed by atoms with Gasteiger partial charge in [-0.3, -0.25) is 4.79 Å². The molecule has 26 heavy (non-hydrogen) atoms. The van der Waals surface area contributed by atoms with E-state index in [1.807, 2.05) is 0 Å². The Bertz CT molecular complexity index is 849. The highest BCUT2D eigenvalue weighted by Gasteiger charge is 2.49. The summed E-state index contributed by atoms with van der Waals surface area (Å²) >= 11 is 0. The molecule has 3 aliphatic carbocycles. The fourth-order valence-electron chi connectivity index (χ4n) is 6.57. The molecule has 1 aromatic carbocycles. The fourth-order valence-corrected chi connectivity index (χ4v) is 6.57. The largest absolute Gasteiger partial charge is 0.361 e. The molecule has 2 aliphatic heterocycles. The summed E-state index contributed by atoms with van der Waals surface area (Å²) in [5.74, 6) is 2.83. The Morgan fingerprint density at radius 1 is 1.08 bits per heavy atom. The van der Waals surface area contributed by atoms with E-state index in [-0.39, 0.29) is 5.92 Å². The fraction of sp³-hybridized carbons (Fsp3) is 0.609. The van der Waals surface area contributed by atoms with Crippen molar-refractivity contribution in [2.45, 2.75) is 75.8 Å². The van der Waals surface area contributed by atoms with E-state index in [4.69, 9.17) is 0 Å². The Hall–Kier alpha value is -1.77. The maximum atomic E-state index is 13.6. The lowest BCUT2D eigenvalue weighted by molar-refractivity contribution is -0.150. The third-order valence-corrected chi connectivity index (χ3v) is 7.75. The molecule has 0 radical (unpaired) electrons. The first kappa shape index (κ1) is 15.3. The van der Waals surface area contributed by atoms with Crippen molar-refractivity contribution in [1.29, 1.82) is 0 Å². The number of hydrogen-bond donors (Lipinski definition) is 1. The van der Waals surface area contributed by atoms with Crippen LogP contribution in [0.1, 0.15) is 74.8 Å². The molecule has 5 fully saturated rings. The first-order chi connectivity index (χ1) is 12.7. The van der Waals surface area contributed by atoms with Crippen molar-refractivity contribution in [2.24, 2.45) is 11.8 Å². The highest BCUT2D eigenvalue weighted by molar-refractivity contribution is 5.94. The maximum absolute atomic E-state index is 13.6. The number of piperidine rings is 2. The highest BCUT2D eigenvalue weighted by Crippen LogP contribution is 2.50. The molecule has 2 aromatic rings. The van der Waals surface area contributed by atoms with E-state index >= 15 is 0 Å². The predicted molar refractivity (Wildman–Crippen MR) is 103 cm³/mol. The molecular weight excluding hydrogens is 320 g/mol. The van der Waals surface area contributed by atoms with Crippen molar-refractivity contribution in [1.82, 2.24) is 9.88 Å². The molecule has 2 saturated heterocycles. The van der Waals surface area contributed by atoms with Crippen LogP contribution in [0.3, 0.4) is 0 Å². The van der Waals surface area contributed by atoms with Gasteiger partial charge in [0.05, 0.1) is 5.92 Å². The number of fused-ring (bicyclic) bond motifs is 1. The second-order valence-corrected chi connectivity index (χ2v) is 9.47. The molecule has 3 saturated carbocycles. The van der Waals surface area contributed by atoms with Gasteiger partial charge in [-0.2, -0.15) is 0 Å². The summed E-state index contributed by atoms with van der Waals surface area (Å²) in [6, 6.07) is 7.64. The van der Waals surface area contributed by atoms with Crippen molar-refractivity contribution in [3.05, 3.63) is 35.5 Å². The first-order valence-electron chi connectivity index (χ1n) is 10.6. The summed E-state index contributed by atoms with van der Waals surface area (Å²) in [5.41, 5.74) is 3.88. The zero-order valence-electron chi connectivity index (χ0n) is 15.6. The Morgan fingerprint density at radius 3 is 2.42 bits per heavy atom. The van der Waals surface area contributed by atoms with Gasteiger partial charge in [0.1, 0.15) is 0 Å². The standard InChI is InChI=1S/C23H28N2O/c1-13(20-12-24-21-4-2-3-19(22(20)21)16-5-6-16)23(26)25-17-8-14-7-15(10-17)11-18(25)9-14/h2-4,12-18,24H,5-11H2,1H3. The third-order valence-electron chi connectivity index (χ3n) is 7.75. The van der Waals surface area contributed by atoms with Crippen molar-refractivity contribution in [3.63, 3.8) is 0 Å². The van der Waals surface area contributed by atoms with E-state index in [9.17, 15) is 4.79 Å². The third kappa shape index (κ3) is 2.15. The lowest BCUT2D eigenvalue weighted by atomic mass is 9.63. The van der Waals surface area contributed by atoms with E-state index in [1.165, 1.54) is 67.0 Å². The number of nitrogens with zero attached hydrogens (tertiary/aromatic N) is 1. The number of aromatic amines is 1. The van der Waals surface area contributed by atoms with Crippen LogP contribution >= 0.6 is 0 Å². The van der Waals surface area contributed by atoms with Crippen molar-refractivity contribution < 1.29 is 4.79 Å². The topological polar surface area (TPSA) is 36.1 Å². The van der Waals surface area contributed by atoms with Crippen LogP contribution in [0.2, 0.25) is 0 Å². The second-order valence-electron chi connectivity index (χ2n) is 9.47. The Kier molecular flexibility index (Phi) is 3.16. The Balaban J connectivity index is 1.36. The molecule has 3 heterocycles. The number of rotatable bonds is 3. The van der Waals surface area contributed by atoms with Crippen molar-refractivity contribution >= 4 is 16.8 Å². The average molecular weight is 348 g/mol. The van der Waals surface area contributed by atoms with Gasteiger partial charge >= 0.3 is 0 Å². The minimum atomic E-state index is -0.0406. The molecule has 5 aliphatic rings. The number of aromatic nitrogens is 1. The van der Waals surface area contributed by atoms with Crippen LogP contribution in [0.15, 0.2) is 24.4 Å². The van der Waals surface area contributed by atoms with Gasteiger partial charge in [-0.1, -0.05) is 12.1 Å². The van der Waals surface area contributed by atoms with Crippen LogP contribution in [0.5, 0.6) is 0 Å². The SMILES string of the molecule is CC(C(=O)N1C2CC3CC(C2)CC1C3)c1c[nH]c2cccc(C3CC3)c12. The summed E-state index contributed by atoms with van der Waals surface area (Å²) < 4.78 is 0. The molecule has 3 heteroatoms. The van der Waals surface area contributed by atoms with Crippen LogP contribution in [-0.4, -0.2) is 27.9 Å². The molecule has 0 spiro atoms. The average Bonchev–Trinajstić information content (AvgIpc) is 3.38. The van der Waals surface area contributed by atoms with Gasteiger partial charge in [-0.25, -0.2) is 0 Å². The van der Waals surface area contributed by atoms with Crippen LogP contribution in [0.25, 0.3) is 10.9 Å². The normalized spacial score (nSPS) is 33.8. The van der Waals surface area contributed by atoms with Crippen molar-refractivity contribution in [3.8, 4) is 0 Å². The molecule has 7 rings (SSSR count). The first-order valence-corrected chi connectivity index (χ1v) is 10.6. The lowest BCUT2D eigenvalue weighted by Crippen LogP contribution is -2.60. The van der Waals surface area contributed by atoms with Crippen LogP contribution in [-0.2, 0) is 4.79 Å². The van der Waals surface area contributed by atoms with Crippen LogP contribution < -0.4 is 0 Å². The van der Waals surface area contributed by atoms with Gasteiger partial charge in [-0.05, 0) is 86.8 Å². The van der Waals surface area contributed by atoms with Gasteiger partial charge < -0.3 is 9.88 Å². The Labute approximate surface area is 155 Å². The van der Waals surface area contributed by atoms with E-state index in [0.717, 1.165) is 11.8 Å². The second kappa shape index (κ2) is 5.37. The monoisotopic (exact) mass is 348 g/mol. The van der Waals surface area contributed by atoms with Crippen LogP contribution in [0.4, 0.5) is 0 Å². The summed E-state index contributed by atoms with van der Waals surface area (Å²) in [6.45, 7) is 2.14.